The van der Waals surface area contributed by atoms with E-state index in [1.807, 2.05) is 50.5 Å². The third-order valence-corrected chi connectivity index (χ3v) is 2.77. The summed E-state index contributed by atoms with van der Waals surface area (Å²) < 4.78 is 3.92. The second kappa shape index (κ2) is 4.33. The molecule has 2 N–H and O–H groups in total. The molecule has 0 radical (unpaired) electrons. The van der Waals surface area contributed by atoms with Gasteiger partial charge in [0.05, 0.1) is 23.8 Å². The molecule has 0 saturated heterocycles. The Morgan fingerprint density at radius 3 is 2.71 bits per heavy atom. The van der Waals surface area contributed by atoms with Crippen LogP contribution < -0.4 is 5.73 Å². The molecule has 0 spiro atoms. The molecule has 0 aliphatic heterocycles. The quantitative estimate of drug-likeness (QED) is 0.858. The first-order valence-electron chi connectivity index (χ1n) is 5.74. The minimum absolute atomic E-state index is 0.356. The molecule has 2 rings (SSSR count). The van der Waals surface area contributed by atoms with Crippen molar-refractivity contribution in [1.29, 1.82) is 0 Å². The van der Waals surface area contributed by atoms with Gasteiger partial charge in [-0.25, -0.2) is 4.98 Å². The summed E-state index contributed by atoms with van der Waals surface area (Å²) in [5, 5.41) is 4.15. The number of imidazole rings is 1. The molecule has 2 aromatic rings. The number of rotatable bonds is 4. The molecular weight excluding hydrogens is 214 g/mol. The molecule has 5 nitrogen and oxygen atoms in total. The van der Waals surface area contributed by atoms with Crippen LogP contribution in [0.1, 0.15) is 25.1 Å². The number of aromatic nitrogens is 4. The Hall–Kier alpha value is -1.62. The first kappa shape index (κ1) is 11.9. The van der Waals surface area contributed by atoms with Crippen LogP contribution in [0.25, 0.3) is 0 Å². The maximum atomic E-state index is 6.10. The Labute approximate surface area is 101 Å². The van der Waals surface area contributed by atoms with Gasteiger partial charge >= 0.3 is 0 Å². The predicted molar refractivity (Wildman–Crippen MR) is 66.4 cm³/mol. The van der Waals surface area contributed by atoms with Gasteiger partial charge in [0.15, 0.2) is 0 Å². The summed E-state index contributed by atoms with van der Waals surface area (Å²) in [5.74, 6) is 0. The third-order valence-electron chi connectivity index (χ3n) is 2.77. The van der Waals surface area contributed by atoms with E-state index >= 15 is 0 Å². The summed E-state index contributed by atoms with van der Waals surface area (Å²) in [6.45, 7) is 4.86. The molecule has 0 fully saturated rings. The minimum Gasteiger partial charge on any atom is -0.333 e. The van der Waals surface area contributed by atoms with Crippen LogP contribution in [0.3, 0.4) is 0 Å². The average Bonchev–Trinajstić information content (AvgIpc) is 2.81. The van der Waals surface area contributed by atoms with Gasteiger partial charge in [-0.05, 0) is 25.8 Å². The lowest BCUT2D eigenvalue weighted by atomic mass is 10.0. The van der Waals surface area contributed by atoms with Crippen LogP contribution in [0.15, 0.2) is 24.9 Å². The molecule has 0 aromatic carbocycles. The monoisotopic (exact) mass is 233 g/mol. The fourth-order valence-electron chi connectivity index (χ4n) is 1.89. The zero-order chi connectivity index (χ0) is 12.5. The summed E-state index contributed by atoms with van der Waals surface area (Å²) in [7, 11) is 1.93. The van der Waals surface area contributed by atoms with Gasteiger partial charge in [-0.15, -0.1) is 0 Å². The van der Waals surface area contributed by atoms with Crippen molar-refractivity contribution < 1.29 is 0 Å². The number of aryl methyl sites for hydroxylation is 3. The minimum atomic E-state index is -0.356. The van der Waals surface area contributed by atoms with Gasteiger partial charge in [-0.2, -0.15) is 5.10 Å². The molecule has 0 bridgehead atoms. The molecule has 0 aliphatic rings. The van der Waals surface area contributed by atoms with Gasteiger partial charge in [0.2, 0.25) is 0 Å². The van der Waals surface area contributed by atoms with E-state index in [2.05, 4.69) is 14.6 Å². The van der Waals surface area contributed by atoms with Crippen molar-refractivity contribution in [1.82, 2.24) is 19.3 Å². The van der Waals surface area contributed by atoms with Crippen LogP contribution in [0.5, 0.6) is 0 Å². The average molecular weight is 233 g/mol. The Balaban J connectivity index is 2.07. The van der Waals surface area contributed by atoms with Crippen LogP contribution in [0, 0.1) is 0 Å². The summed E-state index contributed by atoms with van der Waals surface area (Å²) in [6, 6.07) is 0. The molecule has 17 heavy (non-hydrogen) atoms. The highest BCUT2D eigenvalue weighted by atomic mass is 15.2. The third kappa shape index (κ3) is 2.74. The van der Waals surface area contributed by atoms with Crippen molar-refractivity contribution in [2.24, 2.45) is 12.8 Å². The molecule has 0 amide bonds. The van der Waals surface area contributed by atoms with Crippen LogP contribution in [0.4, 0.5) is 0 Å². The largest absolute Gasteiger partial charge is 0.333 e. The summed E-state index contributed by atoms with van der Waals surface area (Å²) >= 11 is 0. The van der Waals surface area contributed by atoms with Crippen LogP contribution in [0.2, 0.25) is 0 Å². The fraction of sp³-hybridized carbons (Fsp3) is 0.500. The van der Waals surface area contributed by atoms with Gasteiger partial charge in [0, 0.05) is 26.0 Å². The molecule has 0 saturated carbocycles. The lowest BCUT2D eigenvalue weighted by Crippen LogP contribution is -2.31. The highest BCUT2D eigenvalue weighted by Crippen LogP contribution is 2.16. The topological polar surface area (TPSA) is 61.7 Å². The van der Waals surface area contributed by atoms with Crippen LogP contribution >= 0.6 is 0 Å². The Morgan fingerprint density at radius 1 is 1.35 bits per heavy atom. The number of nitrogens with zero attached hydrogens (tertiary/aromatic N) is 4. The zero-order valence-electron chi connectivity index (χ0n) is 10.6. The second-order valence-corrected chi connectivity index (χ2v) is 4.97. The Bertz CT molecular complexity index is 489. The number of hydrogen-bond donors (Lipinski definition) is 1. The first-order chi connectivity index (χ1) is 7.97. The van der Waals surface area contributed by atoms with Gasteiger partial charge in [-0.3, -0.25) is 4.68 Å². The highest BCUT2D eigenvalue weighted by molar-refractivity contribution is 5.11. The normalized spacial score (nSPS) is 12.0. The van der Waals surface area contributed by atoms with E-state index in [-0.39, 0.29) is 5.54 Å². The maximum Gasteiger partial charge on any atom is 0.0948 e. The van der Waals surface area contributed by atoms with Gasteiger partial charge < -0.3 is 10.3 Å². The van der Waals surface area contributed by atoms with E-state index in [1.165, 1.54) is 5.56 Å². The fourth-order valence-corrected chi connectivity index (χ4v) is 1.89. The molecule has 2 heterocycles. The van der Waals surface area contributed by atoms with Crippen LogP contribution in [-0.2, 0) is 25.6 Å². The van der Waals surface area contributed by atoms with Crippen LogP contribution in [-0.4, -0.2) is 19.3 Å². The Morgan fingerprint density at radius 2 is 2.12 bits per heavy atom. The maximum absolute atomic E-state index is 6.10. The summed E-state index contributed by atoms with van der Waals surface area (Å²) in [4.78, 5) is 4.17. The van der Waals surface area contributed by atoms with Crippen molar-refractivity contribution in [2.45, 2.75) is 32.4 Å². The van der Waals surface area contributed by atoms with E-state index in [4.69, 9.17) is 5.73 Å². The van der Waals surface area contributed by atoms with Crippen molar-refractivity contribution in [3.05, 3.63) is 36.2 Å². The predicted octanol–water partition coefficient (Wildman–Crippen LogP) is 1.05. The highest BCUT2D eigenvalue weighted by Gasteiger charge is 2.18. The van der Waals surface area contributed by atoms with Crippen molar-refractivity contribution in [3.8, 4) is 0 Å². The van der Waals surface area contributed by atoms with E-state index in [0.29, 0.717) is 0 Å². The van der Waals surface area contributed by atoms with Gasteiger partial charge in [0.1, 0.15) is 0 Å². The number of nitrogens with two attached hydrogens (primary N) is 1. The lowest BCUT2D eigenvalue weighted by molar-refractivity contribution is 0.492. The van der Waals surface area contributed by atoms with Crippen molar-refractivity contribution >= 4 is 0 Å². The van der Waals surface area contributed by atoms with E-state index < -0.39 is 0 Å². The molecule has 0 unspecified atom stereocenters. The van der Waals surface area contributed by atoms with Crippen molar-refractivity contribution in [2.75, 3.05) is 0 Å². The van der Waals surface area contributed by atoms with E-state index in [9.17, 15) is 0 Å². The summed E-state index contributed by atoms with van der Waals surface area (Å²) in [5.41, 5.74) is 8.02. The standard InChI is InChI=1S/C12H19N5/c1-12(2,13)11-7-14-9-17(11)5-4-10-6-15-16(3)8-10/h6-9H,4-5,13H2,1-3H3. The lowest BCUT2D eigenvalue weighted by Gasteiger charge is -2.20. The van der Waals surface area contributed by atoms with Gasteiger partial charge in [0.25, 0.3) is 0 Å². The van der Waals surface area contributed by atoms with E-state index in [1.54, 1.807) is 0 Å². The molecule has 92 valence electrons. The molecule has 0 atom stereocenters. The van der Waals surface area contributed by atoms with E-state index in [0.717, 1.165) is 18.7 Å². The molecule has 2 aromatic heterocycles. The number of hydrogen-bond acceptors (Lipinski definition) is 3. The molecule has 0 aliphatic carbocycles. The SMILES string of the molecule is Cn1cc(CCn2cncc2C(C)(C)N)cn1. The smallest absolute Gasteiger partial charge is 0.0948 e. The molecule has 5 heteroatoms. The second-order valence-electron chi connectivity index (χ2n) is 4.97. The molecular formula is C12H19N5. The first-order valence-corrected chi connectivity index (χ1v) is 5.74. The Kier molecular flexibility index (Phi) is 3.02. The zero-order valence-corrected chi connectivity index (χ0v) is 10.6. The van der Waals surface area contributed by atoms with Crippen molar-refractivity contribution in [3.63, 3.8) is 0 Å². The van der Waals surface area contributed by atoms with Gasteiger partial charge in [-0.1, -0.05) is 0 Å². The summed E-state index contributed by atoms with van der Waals surface area (Å²) in [6.07, 6.45) is 8.53.